The van der Waals surface area contributed by atoms with E-state index in [9.17, 15) is 10.1 Å². The van der Waals surface area contributed by atoms with Crippen LogP contribution in [0.2, 0.25) is 5.02 Å². The van der Waals surface area contributed by atoms with E-state index in [-0.39, 0.29) is 5.57 Å². The number of benzene rings is 3. The minimum atomic E-state index is -0.457. The Morgan fingerprint density at radius 2 is 1.94 bits per heavy atom. The standard InChI is InChI=1S/C24H17BrClIN2O2/c1-15-6-2-5-9-22(15)29-24(30)18(13-28)10-16-11-19(25)23(21(27)12-16)31-14-17-7-3-4-8-20(17)26/h2-12H,14H2,1H3,(H,29,30)/b18-10-. The second kappa shape index (κ2) is 10.8. The van der Waals surface area contributed by atoms with Crippen LogP contribution in [0.25, 0.3) is 6.08 Å². The summed E-state index contributed by atoms with van der Waals surface area (Å²) >= 11 is 11.9. The summed E-state index contributed by atoms with van der Waals surface area (Å²) in [5.41, 5.74) is 3.20. The van der Waals surface area contributed by atoms with Crippen LogP contribution in [0.4, 0.5) is 5.69 Å². The van der Waals surface area contributed by atoms with Crippen LogP contribution in [0.5, 0.6) is 5.75 Å². The second-order valence-corrected chi connectivity index (χ2v) is 9.06. The number of nitrogens with one attached hydrogen (secondary N) is 1. The fourth-order valence-corrected chi connectivity index (χ4v) is 4.74. The van der Waals surface area contributed by atoms with Crippen molar-refractivity contribution in [2.45, 2.75) is 13.5 Å². The van der Waals surface area contributed by atoms with Gasteiger partial charge in [0.1, 0.15) is 24.0 Å². The lowest BCUT2D eigenvalue weighted by Gasteiger charge is -2.12. The molecule has 4 nitrogen and oxygen atoms in total. The van der Waals surface area contributed by atoms with Gasteiger partial charge in [-0.25, -0.2) is 0 Å². The highest BCUT2D eigenvalue weighted by molar-refractivity contribution is 14.1. The molecule has 0 fully saturated rings. The first-order valence-corrected chi connectivity index (χ1v) is 11.5. The van der Waals surface area contributed by atoms with Crippen molar-refractivity contribution >= 4 is 67.8 Å². The Kier molecular flexibility index (Phi) is 8.13. The van der Waals surface area contributed by atoms with Crippen molar-refractivity contribution in [2.75, 3.05) is 5.32 Å². The number of halogens is 3. The molecule has 3 aromatic carbocycles. The number of amides is 1. The van der Waals surface area contributed by atoms with Crippen molar-refractivity contribution in [3.8, 4) is 11.8 Å². The second-order valence-electron chi connectivity index (χ2n) is 6.63. The number of nitrogens with zero attached hydrogens (tertiary/aromatic N) is 1. The van der Waals surface area contributed by atoms with E-state index >= 15 is 0 Å². The highest BCUT2D eigenvalue weighted by Crippen LogP contribution is 2.34. The Bertz CT molecular complexity index is 1180. The number of carbonyl (C=O) groups excluding carboxylic acids is 1. The average molecular weight is 608 g/mol. The van der Waals surface area contributed by atoms with Crippen molar-refractivity contribution < 1.29 is 9.53 Å². The molecule has 156 valence electrons. The van der Waals surface area contributed by atoms with Crippen molar-refractivity contribution in [2.24, 2.45) is 0 Å². The molecular formula is C24H17BrClIN2O2. The monoisotopic (exact) mass is 606 g/mol. The van der Waals surface area contributed by atoms with Crippen LogP contribution in [-0.4, -0.2) is 5.91 Å². The number of aryl methyl sites for hydroxylation is 1. The van der Waals surface area contributed by atoms with Crippen LogP contribution < -0.4 is 10.1 Å². The largest absolute Gasteiger partial charge is 0.487 e. The van der Waals surface area contributed by atoms with Gasteiger partial charge in [-0.2, -0.15) is 5.26 Å². The van der Waals surface area contributed by atoms with Crippen molar-refractivity contribution in [3.63, 3.8) is 0 Å². The first-order chi connectivity index (χ1) is 14.9. The third-order valence-corrected chi connectivity index (χ3v) is 6.18. The summed E-state index contributed by atoms with van der Waals surface area (Å²) < 4.78 is 7.51. The molecular weight excluding hydrogens is 591 g/mol. The van der Waals surface area contributed by atoms with E-state index in [2.05, 4.69) is 43.8 Å². The molecule has 0 bridgehead atoms. The number of ether oxygens (including phenoxy) is 1. The molecule has 7 heteroatoms. The van der Waals surface area contributed by atoms with Crippen LogP contribution >= 0.6 is 50.1 Å². The first kappa shape index (κ1) is 23.3. The molecule has 0 saturated heterocycles. The molecule has 1 amide bonds. The van der Waals surface area contributed by atoms with Crippen molar-refractivity contribution in [3.05, 3.63) is 96.0 Å². The average Bonchev–Trinajstić information content (AvgIpc) is 2.74. The molecule has 0 aliphatic rings. The quantitative estimate of drug-likeness (QED) is 0.184. The third kappa shape index (κ3) is 6.10. The maximum atomic E-state index is 12.6. The lowest BCUT2D eigenvalue weighted by atomic mass is 10.1. The summed E-state index contributed by atoms with van der Waals surface area (Å²) in [5, 5.41) is 12.9. The highest BCUT2D eigenvalue weighted by Gasteiger charge is 2.14. The molecule has 1 N–H and O–H groups in total. The number of para-hydroxylation sites is 1. The zero-order valence-electron chi connectivity index (χ0n) is 16.5. The van der Waals surface area contributed by atoms with Crippen molar-refractivity contribution in [1.29, 1.82) is 5.26 Å². The number of anilines is 1. The minimum absolute atomic E-state index is 0.00990. The summed E-state index contributed by atoms with van der Waals surface area (Å²) in [4.78, 5) is 12.6. The van der Waals surface area contributed by atoms with Crippen LogP contribution in [0.1, 0.15) is 16.7 Å². The third-order valence-electron chi connectivity index (χ3n) is 4.42. The lowest BCUT2D eigenvalue weighted by molar-refractivity contribution is -0.112. The number of hydrogen-bond acceptors (Lipinski definition) is 3. The molecule has 0 heterocycles. The maximum absolute atomic E-state index is 12.6. The van der Waals surface area contributed by atoms with Crippen molar-refractivity contribution in [1.82, 2.24) is 0 Å². The summed E-state index contributed by atoms with van der Waals surface area (Å²) in [6.45, 7) is 2.22. The Labute approximate surface area is 208 Å². The van der Waals surface area contributed by atoms with Gasteiger partial charge >= 0.3 is 0 Å². The van der Waals surface area contributed by atoms with Gasteiger partial charge in [-0.1, -0.05) is 48.0 Å². The Morgan fingerprint density at radius 1 is 1.23 bits per heavy atom. The molecule has 0 unspecified atom stereocenters. The summed E-state index contributed by atoms with van der Waals surface area (Å²) in [6.07, 6.45) is 1.55. The van der Waals surface area contributed by atoms with Gasteiger partial charge in [-0.05, 0) is 86.9 Å². The molecule has 0 aliphatic heterocycles. The smallest absolute Gasteiger partial charge is 0.266 e. The molecule has 0 atom stereocenters. The molecule has 0 aliphatic carbocycles. The van der Waals surface area contributed by atoms with Crippen LogP contribution in [0.15, 0.2) is 70.7 Å². The van der Waals surface area contributed by atoms with Crippen LogP contribution in [-0.2, 0) is 11.4 Å². The number of carbonyl (C=O) groups is 1. The normalized spacial score (nSPS) is 11.0. The SMILES string of the molecule is Cc1ccccc1NC(=O)/C(C#N)=C\c1cc(Br)c(OCc2ccccc2Cl)c(I)c1. The van der Waals surface area contributed by atoms with Crippen LogP contribution in [0.3, 0.4) is 0 Å². The van der Waals surface area contributed by atoms with Gasteiger partial charge in [0.2, 0.25) is 0 Å². The molecule has 31 heavy (non-hydrogen) atoms. The molecule has 3 rings (SSSR count). The van der Waals surface area contributed by atoms with E-state index in [1.165, 1.54) is 0 Å². The first-order valence-electron chi connectivity index (χ1n) is 9.23. The van der Waals surface area contributed by atoms with Crippen LogP contribution in [0, 0.1) is 21.8 Å². The fraction of sp³-hybridized carbons (Fsp3) is 0.0833. The Hall–Kier alpha value is -2.34. The van der Waals surface area contributed by atoms with E-state index in [1.807, 2.05) is 67.6 Å². The van der Waals surface area contributed by atoms with Gasteiger partial charge in [0.15, 0.2) is 0 Å². The van der Waals surface area contributed by atoms with Gasteiger partial charge in [-0.15, -0.1) is 0 Å². The fourth-order valence-electron chi connectivity index (χ4n) is 2.78. The van der Waals surface area contributed by atoms with Gasteiger partial charge in [0.05, 0.1) is 8.04 Å². The summed E-state index contributed by atoms with van der Waals surface area (Å²) in [6, 6.07) is 20.6. The lowest BCUT2D eigenvalue weighted by Crippen LogP contribution is -2.14. The predicted octanol–water partition coefficient (Wildman–Crippen LogP) is 7.14. The number of nitriles is 1. The van der Waals surface area contributed by atoms with E-state index in [4.69, 9.17) is 16.3 Å². The maximum Gasteiger partial charge on any atom is 0.266 e. The Morgan fingerprint density at radius 3 is 2.61 bits per heavy atom. The zero-order chi connectivity index (χ0) is 22.4. The van der Waals surface area contributed by atoms with Gasteiger partial charge in [-0.3, -0.25) is 4.79 Å². The minimum Gasteiger partial charge on any atom is -0.487 e. The van der Waals surface area contributed by atoms with Gasteiger partial charge in [0.25, 0.3) is 5.91 Å². The highest BCUT2D eigenvalue weighted by atomic mass is 127. The van der Waals surface area contributed by atoms with E-state index in [1.54, 1.807) is 12.1 Å². The molecule has 0 saturated carbocycles. The predicted molar refractivity (Wildman–Crippen MR) is 136 cm³/mol. The van der Waals surface area contributed by atoms with Gasteiger partial charge < -0.3 is 10.1 Å². The van der Waals surface area contributed by atoms with E-state index in [0.29, 0.717) is 33.1 Å². The number of hydrogen-bond donors (Lipinski definition) is 1. The Balaban J connectivity index is 1.80. The topological polar surface area (TPSA) is 62.1 Å². The molecule has 0 aromatic heterocycles. The van der Waals surface area contributed by atoms with Gasteiger partial charge in [0, 0.05) is 16.3 Å². The number of rotatable bonds is 6. The van der Waals surface area contributed by atoms with E-state index < -0.39 is 5.91 Å². The zero-order valence-corrected chi connectivity index (χ0v) is 21.0. The van der Waals surface area contributed by atoms with E-state index in [0.717, 1.165) is 14.7 Å². The molecule has 3 aromatic rings. The molecule has 0 spiro atoms. The molecule has 0 radical (unpaired) electrons. The summed E-state index contributed by atoms with van der Waals surface area (Å²) in [5.74, 6) is 0.211. The summed E-state index contributed by atoms with van der Waals surface area (Å²) in [7, 11) is 0.